The second-order valence-electron chi connectivity index (χ2n) is 16.4. The molecule has 3 N–H and O–H groups in total. The normalized spacial score (nSPS) is 18.6. The van der Waals surface area contributed by atoms with Crippen molar-refractivity contribution in [2.45, 2.75) is 232 Å². The number of methoxy groups -OCH3 is 1. The van der Waals surface area contributed by atoms with E-state index in [0.717, 1.165) is 135 Å². The van der Waals surface area contributed by atoms with Gasteiger partial charge >= 0.3 is 17.9 Å². The average molecular weight is 844 g/mol. The molecule has 0 aromatic carbocycles. The molecule has 1 heterocycles. The van der Waals surface area contributed by atoms with Crippen LogP contribution in [0.2, 0.25) is 0 Å². The Bertz CT molecular complexity index is 886. The van der Waals surface area contributed by atoms with Crippen LogP contribution in [0.5, 0.6) is 0 Å². The van der Waals surface area contributed by atoms with Gasteiger partial charge in [0.15, 0.2) is 0 Å². The largest absolute Gasteiger partial charge is 0.466 e. The van der Waals surface area contributed by atoms with Crippen molar-refractivity contribution < 1.29 is 43.5 Å². The minimum Gasteiger partial charge on any atom is -0.466 e. The molecule has 10 heteroatoms. The van der Waals surface area contributed by atoms with Gasteiger partial charge in [-0.05, 0) is 109 Å². The lowest BCUT2D eigenvalue weighted by atomic mass is 9.92. The molecule has 0 bridgehead atoms. The van der Waals surface area contributed by atoms with Gasteiger partial charge in [0, 0.05) is 39.6 Å². The summed E-state index contributed by atoms with van der Waals surface area (Å²) in [4.78, 5) is 36.9. The number of carbonyl (C=O) groups is 3. The molecule has 352 valence electrons. The molecule has 3 unspecified atom stereocenters. The van der Waals surface area contributed by atoms with Gasteiger partial charge in [0.2, 0.25) is 0 Å². The predicted octanol–water partition coefficient (Wildman–Crippen LogP) is 11.6. The summed E-state index contributed by atoms with van der Waals surface area (Å²) in [5.74, 6) is 0.528. The van der Waals surface area contributed by atoms with Gasteiger partial charge in [0.05, 0.1) is 25.9 Å². The van der Waals surface area contributed by atoms with Crippen molar-refractivity contribution in [3.8, 4) is 0 Å². The van der Waals surface area contributed by atoms with E-state index in [-0.39, 0.29) is 24.5 Å². The molecule has 0 amide bonds. The van der Waals surface area contributed by atoms with E-state index in [4.69, 9.17) is 24.1 Å². The SMILES string of the molecule is CC.CCCCCCCCC(CCCCCCCC(=O)OCCC1CCCCOC(=O)CCCCC(CCO)CCCCOC(=O)CCCC1)OC.CNCCCCO. The Morgan fingerprint density at radius 2 is 1.15 bits per heavy atom. The lowest BCUT2D eigenvalue weighted by Crippen LogP contribution is -2.12. The molecule has 10 nitrogen and oxygen atoms in total. The first-order valence-electron chi connectivity index (χ1n) is 24.8. The molecule has 0 aliphatic carbocycles. The summed E-state index contributed by atoms with van der Waals surface area (Å²) in [6.45, 7) is 9.13. The van der Waals surface area contributed by atoms with Crippen LogP contribution in [0.1, 0.15) is 226 Å². The topological polar surface area (TPSA) is 141 Å². The highest BCUT2D eigenvalue weighted by Gasteiger charge is 2.14. The van der Waals surface area contributed by atoms with E-state index in [2.05, 4.69) is 12.2 Å². The minimum absolute atomic E-state index is 0.0969. The Balaban J connectivity index is 0. The lowest BCUT2D eigenvalue weighted by Gasteiger charge is -2.17. The molecule has 1 rings (SSSR count). The molecule has 1 fully saturated rings. The van der Waals surface area contributed by atoms with E-state index in [9.17, 15) is 19.5 Å². The summed E-state index contributed by atoms with van der Waals surface area (Å²) < 4.78 is 22.3. The van der Waals surface area contributed by atoms with E-state index in [1.807, 2.05) is 28.0 Å². The number of unbranched alkanes of at least 4 members (excludes halogenated alkanes) is 10. The van der Waals surface area contributed by atoms with Crippen molar-refractivity contribution in [3.05, 3.63) is 0 Å². The Morgan fingerprint density at radius 3 is 1.64 bits per heavy atom. The Kier molecular flexibility index (Phi) is 49.2. The predicted molar refractivity (Wildman–Crippen MR) is 244 cm³/mol. The third kappa shape index (κ3) is 44.1. The molecule has 0 spiro atoms. The molecule has 1 saturated heterocycles. The van der Waals surface area contributed by atoms with Gasteiger partial charge in [-0.2, -0.15) is 0 Å². The fraction of sp³-hybridized carbons (Fsp3) is 0.939. The second-order valence-corrected chi connectivity index (χ2v) is 16.4. The van der Waals surface area contributed by atoms with Gasteiger partial charge in [-0.25, -0.2) is 0 Å². The van der Waals surface area contributed by atoms with Crippen molar-refractivity contribution in [1.82, 2.24) is 5.32 Å². The van der Waals surface area contributed by atoms with E-state index in [1.54, 1.807) is 0 Å². The van der Waals surface area contributed by atoms with Crippen molar-refractivity contribution in [3.63, 3.8) is 0 Å². The molecule has 0 radical (unpaired) electrons. The fourth-order valence-corrected chi connectivity index (χ4v) is 7.57. The van der Waals surface area contributed by atoms with Crippen LogP contribution in [-0.2, 0) is 33.3 Å². The van der Waals surface area contributed by atoms with Crippen LogP contribution < -0.4 is 5.32 Å². The Morgan fingerprint density at radius 1 is 0.661 bits per heavy atom. The zero-order chi connectivity index (χ0) is 43.9. The first kappa shape index (κ1) is 59.3. The van der Waals surface area contributed by atoms with Crippen LogP contribution in [0.15, 0.2) is 0 Å². The van der Waals surface area contributed by atoms with Gasteiger partial charge in [0.25, 0.3) is 0 Å². The molecule has 0 aromatic heterocycles. The van der Waals surface area contributed by atoms with E-state index >= 15 is 0 Å². The van der Waals surface area contributed by atoms with E-state index in [0.29, 0.717) is 63.6 Å². The number of cyclic esters (lactones) is 2. The highest BCUT2D eigenvalue weighted by molar-refractivity contribution is 5.69. The van der Waals surface area contributed by atoms with Crippen LogP contribution in [0.4, 0.5) is 0 Å². The maximum atomic E-state index is 12.4. The number of aliphatic hydroxyl groups is 2. The molecule has 3 atom stereocenters. The summed E-state index contributed by atoms with van der Waals surface area (Å²) in [7, 11) is 3.76. The Labute approximate surface area is 363 Å². The maximum absolute atomic E-state index is 12.4. The summed E-state index contributed by atoms with van der Waals surface area (Å²) in [6, 6.07) is 0. The molecular formula is C49H97NO9. The Hall–Kier alpha value is -1.75. The molecule has 0 aromatic rings. The first-order chi connectivity index (χ1) is 28.9. The smallest absolute Gasteiger partial charge is 0.305 e. The van der Waals surface area contributed by atoms with Crippen molar-refractivity contribution in [2.75, 3.05) is 53.7 Å². The number of rotatable bonds is 25. The molecule has 1 aliphatic rings. The van der Waals surface area contributed by atoms with Gasteiger partial charge < -0.3 is 34.5 Å². The zero-order valence-electron chi connectivity index (χ0n) is 39.4. The number of nitrogens with one attached hydrogen (secondary N) is 1. The third-order valence-electron chi connectivity index (χ3n) is 11.3. The molecule has 1 aliphatic heterocycles. The van der Waals surface area contributed by atoms with Crippen LogP contribution in [0, 0.1) is 11.8 Å². The van der Waals surface area contributed by atoms with Crippen molar-refractivity contribution in [2.24, 2.45) is 11.8 Å². The van der Waals surface area contributed by atoms with Gasteiger partial charge in [0.1, 0.15) is 0 Å². The number of aliphatic hydroxyl groups excluding tert-OH is 2. The first-order valence-corrected chi connectivity index (χ1v) is 24.8. The monoisotopic (exact) mass is 844 g/mol. The summed E-state index contributed by atoms with van der Waals surface area (Å²) in [6.07, 6.45) is 32.2. The van der Waals surface area contributed by atoms with Gasteiger partial charge in [-0.3, -0.25) is 14.4 Å². The van der Waals surface area contributed by atoms with E-state index < -0.39 is 0 Å². The zero-order valence-corrected chi connectivity index (χ0v) is 39.4. The van der Waals surface area contributed by atoms with Crippen LogP contribution >= 0.6 is 0 Å². The summed E-state index contributed by atoms with van der Waals surface area (Å²) in [5, 5.41) is 20.7. The maximum Gasteiger partial charge on any atom is 0.305 e. The quantitative estimate of drug-likeness (QED) is 0.0462. The average Bonchev–Trinajstić information content (AvgIpc) is 3.24. The number of hydrogen-bond donors (Lipinski definition) is 3. The molecule has 0 saturated carbocycles. The van der Waals surface area contributed by atoms with Crippen LogP contribution in [-0.4, -0.2) is 88.0 Å². The van der Waals surface area contributed by atoms with Gasteiger partial charge in [-0.15, -0.1) is 0 Å². The number of hydrogen-bond acceptors (Lipinski definition) is 10. The second kappa shape index (κ2) is 48.9. The number of ether oxygens (including phenoxy) is 4. The van der Waals surface area contributed by atoms with Crippen molar-refractivity contribution in [1.29, 1.82) is 0 Å². The van der Waals surface area contributed by atoms with Crippen LogP contribution in [0.25, 0.3) is 0 Å². The molecule has 59 heavy (non-hydrogen) atoms. The minimum atomic E-state index is -0.117. The highest BCUT2D eigenvalue weighted by Crippen LogP contribution is 2.23. The highest BCUT2D eigenvalue weighted by atomic mass is 16.5. The number of carbonyl (C=O) groups excluding carboxylic acids is 3. The standard InChI is InChI=1S/C42H78O8.C5H13NO.C2H6/c1-3-4-5-6-8-11-26-39(47-2)27-12-9-7-10-13-28-42(46)50-36-32-38-23-15-17-30-41(45)48-34-20-18-24-37(31-33-43)22-14-16-29-40(44)49-35-21-19-25-38;1-6-4-2-3-5-7;1-2/h37-39,43H,3-36H2,1-2H3;6-7H,2-5H2,1H3;1-2H3. The van der Waals surface area contributed by atoms with E-state index in [1.165, 1.54) is 57.8 Å². The molecular weight excluding hydrogens is 747 g/mol. The summed E-state index contributed by atoms with van der Waals surface area (Å²) >= 11 is 0. The van der Waals surface area contributed by atoms with Gasteiger partial charge in [-0.1, -0.05) is 124 Å². The lowest BCUT2D eigenvalue weighted by molar-refractivity contribution is -0.145. The third-order valence-corrected chi connectivity index (χ3v) is 11.3. The summed E-state index contributed by atoms with van der Waals surface area (Å²) in [5.41, 5.74) is 0. The van der Waals surface area contributed by atoms with Crippen molar-refractivity contribution >= 4 is 17.9 Å². The fourth-order valence-electron chi connectivity index (χ4n) is 7.57. The van der Waals surface area contributed by atoms with Crippen LogP contribution in [0.3, 0.4) is 0 Å². The number of esters is 3.